The monoisotopic (exact) mass is 339 g/mol. The van der Waals surface area contributed by atoms with Crippen LogP contribution in [0.2, 0.25) is 0 Å². The summed E-state index contributed by atoms with van der Waals surface area (Å²) in [6, 6.07) is 7.38. The molecule has 0 bridgehead atoms. The van der Waals surface area contributed by atoms with E-state index in [0.717, 1.165) is 5.56 Å². The predicted molar refractivity (Wildman–Crippen MR) is 90.5 cm³/mol. The van der Waals surface area contributed by atoms with Crippen LogP contribution in [0.5, 0.6) is 5.75 Å². The van der Waals surface area contributed by atoms with Crippen LogP contribution in [0.3, 0.4) is 0 Å². The van der Waals surface area contributed by atoms with Crippen LogP contribution in [0, 0.1) is 0 Å². The molecule has 1 aromatic rings. The average molecular weight is 339 g/mol. The highest BCUT2D eigenvalue weighted by molar-refractivity contribution is 7.91. The number of ether oxygens (including phenoxy) is 1. The van der Waals surface area contributed by atoms with E-state index in [1.54, 1.807) is 11.8 Å². The van der Waals surface area contributed by atoms with Crippen LogP contribution in [0.15, 0.2) is 24.3 Å². The zero-order valence-corrected chi connectivity index (χ0v) is 14.8. The number of carbonyl (C=O) groups is 1. The molecular weight excluding hydrogens is 314 g/mol. The van der Waals surface area contributed by atoms with E-state index in [1.165, 1.54) is 0 Å². The van der Waals surface area contributed by atoms with Crippen molar-refractivity contribution in [2.24, 2.45) is 0 Å². The van der Waals surface area contributed by atoms with Gasteiger partial charge in [0.1, 0.15) is 5.75 Å². The third-order valence-corrected chi connectivity index (χ3v) is 6.00. The van der Waals surface area contributed by atoms with Crippen LogP contribution >= 0.6 is 0 Å². The predicted octanol–water partition coefficient (Wildman–Crippen LogP) is 2.22. The summed E-state index contributed by atoms with van der Waals surface area (Å²) in [5, 5.41) is 0. The molecule has 0 N–H and O–H groups in total. The fourth-order valence-electron chi connectivity index (χ4n) is 2.90. The number of rotatable bonds is 4. The molecule has 1 atom stereocenters. The molecule has 1 saturated heterocycles. The smallest absolute Gasteiger partial charge is 0.260 e. The van der Waals surface area contributed by atoms with Crippen molar-refractivity contribution in [3.8, 4) is 5.75 Å². The maximum Gasteiger partial charge on any atom is 0.260 e. The lowest BCUT2D eigenvalue weighted by Crippen LogP contribution is -2.43. The number of sulfone groups is 1. The summed E-state index contributed by atoms with van der Waals surface area (Å²) in [5.74, 6) is 1.04. The first-order valence-corrected chi connectivity index (χ1v) is 9.84. The summed E-state index contributed by atoms with van der Waals surface area (Å²) in [4.78, 5) is 14.1. The number of amides is 1. The van der Waals surface area contributed by atoms with Gasteiger partial charge >= 0.3 is 0 Å². The molecule has 1 amide bonds. The van der Waals surface area contributed by atoms with Gasteiger partial charge < -0.3 is 9.64 Å². The number of hydrogen-bond donors (Lipinski definition) is 0. The molecule has 6 heteroatoms. The third kappa shape index (κ3) is 4.70. The molecule has 0 radical (unpaired) electrons. The molecule has 128 valence electrons. The first-order valence-electron chi connectivity index (χ1n) is 8.02. The van der Waals surface area contributed by atoms with Crippen LogP contribution in [-0.2, 0) is 14.6 Å². The second kappa shape index (κ2) is 7.34. The SMILES string of the molecule is CC(C)c1ccccc1OCC(=O)N1CCCS(=O)(=O)CC1C. The third-order valence-electron chi connectivity index (χ3n) is 4.09. The van der Waals surface area contributed by atoms with E-state index in [4.69, 9.17) is 4.74 Å². The molecule has 0 spiro atoms. The Hall–Kier alpha value is -1.56. The molecule has 2 rings (SSSR count). The zero-order chi connectivity index (χ0) is 17.0. The fourth-order valence-corrected chi connectivity index (χ4v) is 4.55. The van der Waals surface area contributed by atoms with Crippen molar-refractivity contribution in [3.63, 3.8) is 0 Å². The molecule has 1 aliphatic rings. The minimum absolute atomic E-state index is 0.0291. The number of benzene rings is 1. The maximum absolute atomic E-state index is 12.4. The van der Waals surface area contributed by atoms with Gasteiger partial charge in [-0.2, -0.15) is 0 Å². The normalized spacial score (nSPS) is 21.0. The molecule has 1 aliphatic heterocycles. The van der Waals surface area contributed by atoms with Gasteiger partial charge in [0, 0.05) is 12.6 Å². The van der Waals surface area contributed by atoms with E-state index in [2.05, 4.69) is 13.8 Å². The molecule has 0 aromatic heterocycles. The van der Waals surface area contributed by atoms with E-state index in [0.29, 0.717) is 24.6 Å². The van der Waals surface area contributed by atoms with Crippen molar-refractivity contribution in [2.75, 3.05) is 24.7 Å². The van der Waals surface area contributed by atoms with Crippen molar-refractivity contribution in [1.29, 1.82) is 0 Å². The van der Waals surface area contributed by atoms with Gasteiger partial charge in [-0.05, 0) is 30.9 Å². The van der Waals surface area contributed by atoms with E-state index in [9.17, 15) is 13.2 Å². The van der Waals surface area contributed by atoms with E-state index in [-0.39, 0.29) is 30.1 Å². The van der Waals surface area contributed by atoms with Gasteiger partial charge in [-0.1, -0.05) is 32.0 Å². The van der Waals surface area contributed by atoms with Crippen molar-refractivity contribution in [2.45, 2.75) is 39.2 Å². The van der Waals surface area contributed by atoms with E-state index in [1.807, 2.05) is 24.3 Å². The Labute approximate surface area is 138 Å². The molecule has 1 unspecified atom stereocenters. The number of hydrogen-bond acceptors (Lipinski definition) is 4. The summed E-state index contributed by atoms with van der Waals surface area (Å²) in [7, 11) is -3.05. The standard InChI is InChI=1S/C17H25NO4S/c1-13(2)15-7-4-5-8-16(15)22-11-17(19)18-9-6-10-23(20,21)12-14(18)3/h4-5,7-8,13-14H,6,9-12H2,1-3H3. The summed E-state index contributed by atoms with van der Waals surface area (Å²) < 4.78 is 29.3. The van der Waals surface area contributed by atoms with Crippen LogP contribution in [0.25, 0.3) is 0 Å². The highest BCUT2D eigenvalue weighted by atomic mass is 32.2. The van der Waals surface area contributed by atoms with Crippen LogP contribution < -0.4 is 4.74 Å². The van der Waals surface area contributed by atoms with Gasteiger partial charge in [0.15, 0.2) is 16.4 Å². The summed E-state index contributed by atoms with van der Waals surface area (Å²) in [5.41, 5.74) is 1.06. The average Bonchev–Trinajstić information content (AvgIpc) is 2.62. The lowest BCUT2D eigenvalue weighted by molar-refractivity contribution is -0.134. The largest absolute Gasteiger partial charge is 0.483 e. The molecule has 0 saturated carbocycles. The summed E-state index contributed by atoms with van der Waals surface area (Å²) in [6.45, 7) is 6.34. The zero-order valence-electron chi connectivity index (χ0n) is 14.0. The maximum atomic E-state index is 12.4. The quantitative estimate of drug-likeness (QED) is 0.844. The number of nitrogens with zero attached hydrogens (tertiary/aromatic N) is 1. The second-order valence-corrected chi connectivity index (χ2v) is 8.61. The van der Waals surface area contributed by atoms with Crippen LogP contribution in [-0.4, -0.2) is 49.9 Å². The first-order chi connectivity index (χ1) is 10.8. The van der Waals surface area contributed by atoms with Gasteiger partial charge in [0.25, 0.3) is 5.91 Å². The summed E-state index contributed by atoms with van der Waals surface area (Å²) >= 11 is 0. The van der Waals surface area contributed by atoms with Gasteiger partial charge in [-0.15, -0.1) is 0 Å². The van der Waals surface area contributed by atoms with Crippen molar-refractivity contribution in [3.05, 3.63) is 29.8 Å². The van der Waals surface area contributed by atoms with Crippen LogP contribution in [0.4, 0.5) is 0 Å². The summed E-state index contributed by atoms with van der Waals surface area (Å²) in [6.07, 6.45) is 0.487. The van der Waals surface area contributed by atoms with Gasteiger partial charge in [-0.25, -0.2) is 8.42 Å². The Balaban J connectivity index is 2.02. The fraction of sp³-hybridized carbons (Fsp3) is 0.588. The van der Waals surface area contributed by atoms with Crippen molar-refractivity contribution >= 4 is 15.7 Å². The van der Waals surface area contributed by atoms with Crippen molar-refractivity contribution in [1.82, 2.24) is 4.90 Å². The molecule has 23 heavy (non-hydrogen) atoms. The van der Waals surface area contributed by atoms with Gasteiger partial charge in [-0.3, -0.25) is 4.79 Å². The Morgan fingerprint density at radius 3 is 2.74 bits per heavy atom. The van der Waals surface area contributed by atoms with E-state index >= 15 is 0 Å². The minimum atomic E-state index is -3.05. The molecule has 1 heterocycles. The Morgan fingerprint density at radius 2 is 2.04 bits per heavy atom. The topological polar surface area (TPSA) is 63.7 Å². The number of carbonyl (C=O) groups excluding carboxylic acids is 1. The molecule has 0 aliphatic carbocycles. The van der Waals surface area contributed by atoms with Gasteiger partial charge in [0.05, 0.1) is 11.5 Å². The Morgan fingerprint density at radius 1 is 1.35 bits per heavy atom. The lowest BCUT2D eigenvalue weighted by atomic mass is 10.0. The highest BCUT2D eigenvalue weighted by Crippen LogP contribution is 2.26. The molecular formula is C17H25NO4S. The first kappa shape index (κ1) is 17.8. The number of para-hydroxylation sites is 1. The molecule has 5 nitrogen and oxygen atoms in total. The van der Waals surface area contributed by atoms with Crippen molar-refractivity contribution < 1.29 is 17.9 Å². The molecule has 1 aromatic carbocycles. The lowest BCUT2D eigenvalue weighted by Gasteiger charge is -2.26. The minimum Gasteiger partial charge on any atom is -0.483 e. The van der Waals surface area contributed by atoms with Crippen LogP contribution in [0.1, 0.15) is 38.7 Å². The Bertz CT molecular complexity index is 654. The molecule has 1 fully saturated rings. The second-order valence-electron chi connectivity index (χ2n) is 6.39. The highest BCUT2D eigenvalue weighted by Gasteiger charge is 2.28. The van der Waals surface area contributed by atoms with E-state index < -0.39 is 9.84 Å². The van der Waals surface area contributed by atoms with Gasteiger partial charge in [0.2, 0.25) is 0 Å². The Kier molecular flexibility index (Phi) is 5.68.